The second-order valence-electron chi connectivity index (χ2n) is 1.81. The number of nitrogens with two attached hydrogens (primary N) is 1. The van der Waals surface area contributed by atoms with E-state index in [4.69, 9.17) is 10.8 Å². The molecule has 0 fully saturated rings. The second-order valence-corrected chi connectivity index (χ2v) is 1.81. The Morgan fingerprint density at radius 1 is 2.00 bits per heavy atom. The van der Waals surface area contributed by atoms with Crippen LogP contribution in [-0.2, 0) is 0 Å². The normalized spacial score (nSPS) is 12.0. The van der Waals surface area contributed by atoms with Crippen LogP contribution in [-0.4, -0.2) is 17.3 Å². The van der Waals surface area contributed by atoms with Gasteiger partial charge in [0.25, 0.3) is 0 Å². The molecule has 3 N–H and O–H groups in total. The first-order valence-corrected chi connectivity index (χ1v) is 1.81. The van der Waals surface area contributed by atoms with Crippen molar-refractivity contribution in [2.45, 2.75) is 12.5 Å². The zero-order valence-corrected chi connectivity index (χ0v) is 3.94. The molecule has 37 valence electrons. The summed E-state index contributed by atoms with van der Waals surface area (Å²) in [5.74, 6) is 0. The first-order valence-electron chi connectivity index (χ1n) is 1.81. The smallest absolute Gasteiger partial charge is 0.0608 e. The van der Waals surface area contributed by atoms with Crippen LogP contribution in [0, 0.1) is 6.92 Å². The fraction of sp³-hybridized carbons (Fsp3) is 0.750. The van der Waals surface area contributed by atoms with Crippen molar-refractivity contribution >= 4 is 0 Å². The van der Waals surface area contributed by atoms with Gasteiger partial charge in [0.05, 0.1) is 6.61 Å². The van der Waals surface area contributed by atoms with Crippen LogP contribution in [0.5, 0.6) is 0 Å². The van der Waals surface area contributed by atoms with Gasteiger partial charge in [0, 0.05) is 5.54 Å². The van der Waals surface area contributed by atoms with Crippen molar-refractivity contribution in [1.82, 2.24) is 0 Å². The van der Waals surface area contributed by atoms with Gasteiger partial charge in [-0.15, -0.1) is 0 Å². The van der Waals surface area contributed by atoms with Gasteiger partial charge in [-0.05, 0) is 13.8 Å². The zero-order chi connectivity index (χ0) is 5.21. The van der Waals surface area contributed by atoms with E-state index >= 15 is 0 Å². The first-order chi connectivity index (χ1) is 2.56. The van der Waals surface area contributed by atoms with Crippen LogP contribution in [0.15, 0.2) is 0 Å². The summed E-state index contributed by atoms with van der Waals surface area (Å²) in [5.41, 5.74) is 4.52. The van der Waals surface area contributed by atoms with E-state index in [0.29, 0.717) is 0 Å². The van der Waals surface area contributed by atoms with Gasteiger partial charge in [-0.2, -0.15) is 0 Å². The van der Waals surface area contributed by atoms with Gasteiger partial charge < -0.3 is 10.8 Å². The van der Waals surface area contributed by atoms with Crippen molar-refractivity contribution in [3.63, 3.8) is 0 Å². The molecule has 0 aromatic carbocycles. The lowest BCUT2D eigenvalue weighted by molar-refractivity contribution is 0.237. The molecule has 1 atom stereocenters. The van der Waals surface area contributed by atoms with Crippen molar-refractivity contribution in [2.24, 2.45) is 5.73 Å². The van der Waals surface area contributed by atoms with Gasteiger partial charge in [-0.3, -0.25) is 0 Å². The Balaban J connectivity index is 3.17. The summed E-state index contributed by atoms with van der Waals surface area (Å²) in [6.45, 7) is 5.01. The molecule has 0 bridgehead atoms. The molecule has 0 aromatic heterocycles. The Morgan fingerprint density at radius 3 is 2.17 bits per heavy atom. The standard InChI is InChI=1S/C4H10NO/c1-4(2,5)3-6/h6H,1,3,5H2,2H3. The fourth-order valence-corrected chi connectivity index (χ4v) is 0. The molecular weight excluding hydrogens is 78.0 g/mol. The van der Waals surface area contributed by atoms with Crippen LogP contribution in [0.25, 0.3) is 0 Å². The molecule has 1 radical (unpaired) electrons. The minimum atomic E-state index is -0.653. The van der Waals surface area contributed by atoms with Crippen LogP contribution in [0.3, 0.4) is 0 Å². The van der Waals surface area contributed by atoms with Crippen LogP contribution in [0.1, 0.15) is 6.92 Å². The molecule has 2 heteroatoms. The monoisotopic (exact) mass is 88.1 g/mol. The molecule has 0 aliphatic carbocycles. The molecule has 0 rings (SSSR count). The van der Waals surface area contributed by atoms with E-state index in [-0.39, 0.29) is 6.61 Å². The fourth-order valence-electron chi connectivity index (χ4n) is 0. The maximum absolute atomic E-state index is 8.22. The van der Waals surface area contributed by atoms with Crippen LogP contribution in [0.4, 0.5) is 0 Å². The number of rotatable bonds is 1. The van der Waals surface area contributed by atoms with E-state index < -0.39 is 5.54 Å². The summed E-state index contributed by atoms with van der Waals surface area (Å²) in [4.78, 5) is 0. The lowest BCUT2D eigenvalue weighted by atomic mass is 10.1. The van der Waals surface area contributed by atoms with Crippen molar-refractivity contribution < 1.29 is 5.11 Å². The highest BCUT2D eigenvalue weighted by Gasteiger charge is 2.05. The molecule has 0 heterocycles. The van der Waals surface area contributed by atoms with Gasteiger partial charge in [0.15, 0.2) is 0 Å². The van der Waals surface area contributed by atoms with E-state index in [1.165, 1.54) is 0 Å². The maximum atomic E-state index is 8.22. The third-order valence-corrected chi connectivity index (χ3v) is 0.361. The molecule has 0 saturated carbocycles. The molecule has 0 aliphatic rings. The van der Waals surface area contributed by atoms with Crippen molar-refractivity contribution in [3.05, 3.63) is 6.92 Å². The zero-order valence-electron chi connectivity index (χ0n) is 3.94. The molecular formula is C4H10NO. The molecule has 2 nitrogen and oxygen atoms in total. The minimum absolute atomic E-state index is 0.0625. The summed E-state index contributed by atoms with van der Waals surface area (Å²) in [7, 11) is 0. The number of aliphatic hydroxyl groups excluding tert-OH is 1. The van der Waals surface area contributed by atoms with E-state index in [2.05, 4.69) is 6.92 Å². The van der Waals surface area contributed by atoms with Gasteiger partial charge >= 0.3 is 0 Å². The van der Waals surface area contributed by atoms with E-state index in [0.717, 1.165) is 0 Å². The van der Waals surface area contributed by atoms with Crippen LogP contribution >= 0.6 is 0 Å². The Labute approximate surface area is 38.0 Å². The van der Waals surface area contributed by atoms with Gasteiger partial charge in [0.2, 0.25) is 0 Å². The largest absolute Gasteiger partial charge is 0.394 e. The number of hydrogen-bond acceptors (Lipinski definition) is 2. The molecule has 0 spiro atoms. The van der Waals surface area contributed by atoms with Crippen LogP contribution < -0.4 is 5.73 Å². The summed E-state index contributed by atoms with van der Waals surface area (Å²) in [5, 5.41) is 8.22. The minimum Gasteiger partial charge on any atom is -0.394 e. The molecule has 0 aliphatic heterocycles. The summed E-state index contributed by atoms with van der Waals surface area (Å²) < 4.78 is 0. The van der Waals surface area contributed by atoms with E-state index in [1.807, 2.05) is 0 Å². The number of aliphatic hydroxyl groups is 1. The predicted octanol–water partition coefficient (Wildman–Crippen LogP) is -0.470. The summed E-state index contributed by atoms with van der Waals surface area (Å²) in [6, 6.07) is 0. The third kappa shape index (κ3) is 3.92. The highest BCUT2D eigenvalue weighted by Crippen LogP contribution is 1.89. The average Bonchev–Trinajstić information content (AvgIpc) is 1.35. The maximum Gasteiger partial charge on any atom is 0.0608 e. The van der Waals surface area contributed by atoms with Gasteiger partial charge in [0.1, 0.15) is 0 Å². The van der Waals surface area contributed by atoms with Crippen molar-refractivity contribution in [2.75, 3.05) is 6.61 Å². The summed E-state index contributed by atoms with van der Waals surface area (Å²) in [6.07, 6.45) is 0. The third-order valence-electron chi connectivity index (χ3n) is 0.361. The second kappa shape index (κ2) is 1.58. The average molecular weight is 88.1 g/mol. The van der Waals surface area contributed by atoms with E-state index in [1.54, 1.807) is 6.92 Å². The quantitative estimate of drug-likeness (QED) is 0.455. The number of hydrogen-bond donors (Lipinski definition) is 2. The summed E-state index contributed by atoms with van der Waals surface area (Å²) >= 11 is 0. The SMILES string of the molecule is [CH2]C(C)(N)CO. The Hall–Kier alpha value is -0.0800. The lowest BCUT2D eigenvalue weighted by Gasteiger charge is -2.11. The van der Waals surface area contributed by atoms with Gasteiger partial charge in [-0.25, -0.2) is 0 Å². The molecule has 6 heavy (non-hydrogen) atoms. The van der Waals surface area contributed by atoms with Crippen molar-refractivity contribution in [3.8, 4) is 0 Å². The first kappa shape index (κ1) is 5.92. The van der Waals surface area contributed by atoms with E-state index in [9.17, 15) is 0 Å². The Kier molecular flexibility index (Phi) is 1.56. The molecule has 0 aromatic rings. The topological polar surface area (TPSA) is 46.2 Å². The Morgan fingerprint density at radius 2 is 2.17 bits per heavy atom. The Bertz CT molecular complexity index is 37.3. The molecule has 0 saturated heterocycles. The highest BCUT2D eigenvalue weighted by atomic mass is 16.3. The van der Waals surface area contributed by atoms with Crippen molar-refractivity contribution in [1.29, 1.82) is 0 Å². The lowest BCUT2D eigenvalue weighted by Crippen LogP contribution is -2.36. The highest BCUT2D eigenvalue weighted by molar-refractivity contribution is 4.78. The van der Waals surface area contributed by atoms with Gasteiger partial charge in [-0.1, -0.05) is 0 Å². The molecule has 0 amide bonds. The predicted molar refractivity (Wildman–Crippen MR) is 25.0 cm³/mol. The van der Waals surface area contributed by atoms with Crippen LogP contribution in [0.2, 0.25) is 0 Å². The molecule has 1 unspecified atom stereocenters.